The molecule has 2 rings (SSSR count). The van der Waals surface area contributed by atoms with Crippen LogP contribution in [0.3, 0.4) is 0 Å². The Labute approximate surface area is 131 Å². The first-order valence-corrected chi connectivity index (χ1v) is 7.97. The molecule has 0 aliphatic rings. The molecule has 0 spiro atoms. The summed E-state index contributed by atoms with van der Waals surface area (Å²) in [6, 6.07) is 7.30. The van der Waals surface area contributed by atoms with Gasteiger partial charge in [-0.25, -0.2) is 21.9 Å². The maximum absolute atomic E-state index is 13.1. The fourth-order valence-electron chi connectivity index (χ4n) is 1.77. The molecule has 0 aliphatic heterocycles. The summed E-state index contributed by atoms with van der Waals surface area (Å²) in [4.78, 5) is -0.134. The molecule has 0 saturated heterocycles. The average Bonchev–Trinajstić information content (AvgIpc) is 2.48. The third-order valence-electron chi connectivity index (χ3n) is 2.87. The zero-order valence-corrected chi connectivity index (χ0v) is 13.0. The summed E-state index contributed by atoms with van der Waals surface area (Å²) in [6.45, 7) is -0.199. The standard InChI is InChI=1S/C14H12ClF2NO3S/c1-21-13-5-3-10(15)7-14(13)22(19,20)18-8-9-2-4-11(16)12(17)6-9/h2-7,18H,8H2,1H3. The lowest BCUT2D eigenvalue weighted by Crippen LogP contribution is -2.23. The topological polar surface area (TPSA) is 55.4 Å². The second kappa shape index (κ2) is 6.60. The van der Waals surface area contributed by atoms with Gasteiger partial charge in [-0.3, -0.25) is 0 Å². The number of methoxy groups -OCH3 is 1. The van der Waals surface area contributed by atoms with Gasteiger partial charge in [-0.1, -0.05) is 17.7 Å². The van der Waals surface area contributed by atoms with E-state index in [2.05, 4.69) is 4.72 Å². The number of nitrogens with one attached hydrogen (secondary N) is 1. The van der Waals surface area contributed by atoms with E-state index in [0.717, 1.165) is 12.1 Å². The Hall–Kier alpha value is -1.70. The van der Waals surface area contributed by atoms with Crippen molar-refractivity contribution in [3.8, 4) is 5.75 Å². The van der Waals surface area contributed by atoms with E-state index < -0.39 is 21.7 Å². The fraction of sp³-hybridized carbons (Fsp3) is 0.143. The molecule has 4 nitrogen and oxygen atoms in total. The van der Waals surface area contributed by atoms with Crippen molar-refractivity contribution in [1.82, 2.24) is 4.72 Å². The van der Waals surface area contributed by atoms with Gasteiger partial charge in [0.25, 0.3) is 0 Å². The Balaban J connectivity index is 2.24. The van der Waals surface area contributed by atoms with Gasteiger partial charge in [-0.15, -0.1) is 0 Å². The monoisotopic (exact) mass is 347 g/mol. The van der Waals surface area contributed by atoms with Crippen LogP contribution in [-0.2, 0) is 16.6 Å². The normalized spacial score (nSPS) is 11.5. The summed E-state index contributed by atoms with van der Waals surface area (Å²) in [5.41, 5.74) is 0.281. The van der Waals surface area contributed by atoms with Crippen molar-refractivity contribution in [2.75, 3.05) is 7.11 Å². The lowest BCUT2D eigenvalue weighted by atomic mass is 10.2. The highest BCUT2D eigenvalue weighted by molar-refractivity contribution is 7.89. The predicted molar refractivity (Wildman–Crippen MR) is 78.4 cm³/mol. The quantitative estimate of drug-likeness (QED) is 0.904. The summed E-state index contributed by atoms with van der Waals surface area (Å²) in [7, 11) is -2.59. The molecule has 1 N–H and O–H groups in total. The zero-order chi connectivity index (χ0) is 16.3. The van der Waals surface area contributed by atoms with Crippen LogP contribution in [0.1, 0.15) is 5.56 Å². The van der Waals surface area contributed by atoms with Crippen molar-refractivity contribution in [1.29, 1.82) is 0 Å². The molecule has 0 aliphatic carbocycles. The van der Waals surface area contributed by atoms with Crippen molar-refractivity contribution < 1.29 is 21.9 Å². The third kappa shape index (κ3) is 3.73. The van der Waals surface area contributed by atoms with Crippen molar-refractivity contribution in [2.45, 2.75) is 11.4 Å². The summed E-state index contributed by atoms with van der Waals surface area (Å²) < 4.78 is 57.8. The molecule has 0 bridgehead atoms. The minimum Gasteiger partial charge on any atom is -0.495 e. The van der Waals surface area contributed by atoms with Crippen molar-refractivity contribution >= 4 is 21.6 Å². The second-order valence-corrected chi connectivity index (χ2v) is 6.54. The number of hydrogen-bond donors (Lipinski definition) is 1. The molecule has 2 aromatic carbocycles. The molecule has 118 valence electrons. The summed E-state index contributed by atoms with van der Waals surface area (Å²) in [5.74, 6) is -1.91. The Bertz CT molecular complexity index is 797. The van der Waals surface area contributed by atoms with Gasteiger partial charge in [0.15, 0.2) is 11.6 Å². The largest absolute Gasteiger partial charge is 0.495 e. The summed E-state index contributed by atoms with van der Waals surface area (Å²) in [6.07, 6.45) is 0. The molecule has 0 amide bonds. The summed E-state index contributed by atoms with van der Waals surface area (Å²) in [5, 5.41) is 0.231. The van der Waals surface area contributed by atoms with E-state index in [-0.39, 0.29) is 27.8 Å². The fourth-order valence-corrected chi connectivity index (χ4v) is 3.21. The van der Waals surface area contributed by atoms with E-state index in [4.69, 9.17) is 16.3 Å². The van der Waals surface area contributed by atoms with Gasteiger partial charge in [-0.05, 0) is 35.9 Å². The van der Waals surface area contributed by atoms with E-state index in [1.54, 1.807) is 0 Å². The van der Waals surface area contributed by atoms with Crippen LogP contribution in [0.25, 0.3) is 0 Å². The van der Waals surface area contributed by atoms with Crippen molar-refractivity contribution in [3.05, 3.63) is 58.6 Å². The highest BCUT2D eigenvalue weighted by atomic mass is 35.5. The minimum atomic E-state index is -3.92. The van der Waals surface area contributed by atoms with Crippen LogP contribution in [0.15, 0.2) is 41.3 Å². The Morgan fingerprint density at radius 1 is 1.14 bits per heavy atom. The number of halogens is 3. The number of ether oxygens (including phenoxy) is 1. The summed E-state index contributed by atoms with van der Waals surface area (Å²) >= 11 is 5.80. The van der Waals surface area contributed by atoms with Crippen LogP contribution in [0.4, 0.5) is 8.78 Å². The SMILES string of the molecule is COc1ccc(Cl)cc1S(=O)(=O)NCc1ccc(F)c(F)c1. The number of hydrogen-bond acceptors (Lipinski definition) is 3. The molecule has 0 saturated carbocycles. The smallest absolute Gasteiger partial charge is 0.244 e. The Morgan fingerprint density at radius 3 is 2.50 bits per heavy atom. The average molecular weight is 348 g/mol. The molecule has 22 heavy (non-hydrogen) atoms. The van der Waals surface area contributed by atoms with Gasteiger partial charge in [0.2, 0.25) is 10.0 Å². The third-order valence-corrected chi connectivity index (χ3v) is 4.52. The van der Waals surface area contributed by atoms with Gasteiger partial charge < -0.3 is 4.74 Å². The van der Waals surface area contributed by atoms with Gasteiger partial charge in [0.05, 0.1) is 7.11 Å². The molecular formula is C14H12ClF2NO3S. The lowest BCUT2D eigenvalue weighted by Gasteiger charge is -2.11. The molecule has 0 atom stereocenters. The van der Waals surface area contributed by atoms with Crippen molar-refractivity contribution in [2.24, 2.45) is 0 Å². The van der Waals surface area contributed by atoms with Crippen LogP contribution in [-0.4, -0.2) is 15.5 Å². The van der Waals surface area contributed by atoms with Crippen LogP contribution >= 0.6 is 11.6 Å². The molecular weight excluding hydrogens is 336 g/mol. The second-order valence-electron chi connectivity index (χ2n) is 4.37. The van der Waals surface area contributed by atoms with E-state index in [1.807, 2.05) is 0 Å². The maximum Gasteiger partial charge on any atom is 0.244 e. The van der Waals surface area contributed by atoms with Crippen LogP contribution in [0, 0.1) is 11.6 Å². The maximum atomic E-state index is 13.1. The van der Waals surface area contributed by atoms with Gasteiger partial charge in [0, 0.05) is 11.6 Å². The Kier molecular flexibility index (Phi) is 5.00. The van der Waals surface area contributed by atoms with Gasteiger partial charge >= 0.3 is 0 Å². The van der Waals surface area contributed by atoms with E-state index in [9.17, 15) is 17.2 Å². The number of rotatable bonds is 5. The molecule has 0 aromatic heterocycles. The first-order chi connectivity index (χ1) is 10.3. The predicted octanol–water partition coefficient (Wildman–Crippen LogP) is 3.11. The molecule has 0 unspecified atom stereocenters. The Morgan fingerprint density at radius 2 is 1.86 bits per heavy atom. The molecule has 0 fully saturated rings. The van der Waals surface area contributed by atoms with Crippen molar-refractivity contribution in [3.63, 3.8) is 0 Å². The molecule has 2 aromatic rings. The molecule has 0 heterocycles. The minimum absolute atomic E-state index is 0.127. The number of sulfonamides is 1. The van der Waals surface area contributed by atoms with E-state index in [0.29, 0.717) is 0 Å². The first kappa shape index (κ1) is 16.7. The first-order valence-electron chi connectivity index (χ1n) is 6.10. The molecule has 0 radical (unpaired) electrons. The highest BCUT2D eigenvalue weighted by Crippen LogP contribution is 2.27. The highest BCUT2D eigenvalue weighted by Gasteiger charge is 2.20. The van der Waals surface area contributed by atoms with E-state index >= 15 is 0 Å². The van der Waals surface area contributed by atoms with Crippen LogP contribution in [0.5, 0.6) is 5.75 Å². The number of benzene rings is 2. The van der Waals surface area contributed by atoms with Crippen LogP contribution < -0.4 is 9.46 Å². The van der Waals surface area contributed by atoms with E-state index in [1.165, 1.54) is 31.4 Å². The van der Waals surface area contributed by atoms with Gasteiger partial charge in [0.1, 0.15) is 10.6 Å². The van der Waals surface area contributed by atoms with Crippen LogP contribution in [0.2, 0.25) is 5.02 Å². The van der Waals surface area contributed by atoms with Gasteiger partial charge in [-0.2, -0.15) is 0 Å². The molecule has 8 heteroatoms. The lowest BCUT2D eigenvalue weighted by molar-refractivity contribution is 0.402. The zero-order valence-electron chi connectivity index (χ0n) is 11.4.